The highest BCUT2D eigenvalue weighted by Gasteiger charge is 2.26. The summed E-state index contributed by atoms with van der Waals surface area (Å²) < 4.78 is 3.41. The summed E-state index contributed by atoms with van der Waals surface area (Å²) >= 11 is 0. The molecule has 1 saturated carbocycles. The van der Waals surface area contributed by atoms with Crippen molar-refractivity contribution in [2.24, 2.45) is 0 Å². The number of anilines is 1. The third-order valence-corrected chi connectivity index (χ3v) is 6.84. The van der Waals surface area contributed by atoms with E-state index < -0.39 is 0 Å². The molecule has 0 aliphatic heterocycles. The molecule has 1 N–H and O–H groups in total. The quantitative estimate of drug-likeness (QED) is 0.658. The maximum atomic E-state index is 12.6. The Morgan fingerprint density at radius 3 is 2.58 bits per heavy atom. The van der Waals surface area contributed by atoms with Crippen LogP contribution in [0.3, 0.4) is 0 Å². The van der Waals surface area contributed by atoms with Crippen molar-refractivity contribution in [3.05, 3.63) is 62.8 Å². The van der Waals surface area contributed by atoms with Crippen LogP contribution in [-0.2, 0) is 12.8 Å². The van der Waals surface area contributed by atoms with Gasteiger partial charge in [-0.1, -0.05) is 0 Å². The lowest BCUT2D eigenvalue weighted by atomic mass is 9.90. The first-order valence-corrected chi connectivity index (χ1v) is 11.8. The van der Waals surface area contributed by atoms with Crippen molar-refractivity contribution in [2.45, 2.75) is 77.3 Å². The summed E-state index contributed by atoms with van der Waals surface area (Å²) in [5.74, 6) is 1.38. The molecule has 5 rings (SSSR count). The molecule has 3 aromatic rings. The molecule has 2 aliphatic rings. The molecule has 33 heavy (non-hydrogen) atoms. The fourth-order valence-electron chi connectivity index (χ4n) is 5.14. The minimum atomic E-state index is -0.0835. The second kappa shape index (κ2) is 8.81. The number of fused-ring (bicyclic) bond motifs is 1. The zero-order valence-electron chi connectivity index (χ0n) is 19.2. The summed E-state index contributed by atoms with van der Waals surface area (Å²) in [6.07, 6.45) is 7.82. The Labute approximate surface area is 193 Å². The molecule has 8 heteroatoms. The molecule has 3 heterocycles. The van der Waals surface area contributed by atoms with Gasteiger partial charge in [0, 0.05) is 23.5 Å². The van der Waals surface area contributed by atoms with Crippen LogP contribution >= 0.6 is 0 Å². The maximum absolute atomic E-state index is 12.6. The summed E-state index contributed by atoms with van der Waals surface area (Å²) in [6, 6.07) is 9.94. The lowest BCUT2D eigenvalue weighted by molar-refractivity contribution is 0.302. The van der Waals surface area contributed by atoms with E-state index in [1.807, 2.05) is 26.0 Å². The number of pyridine rings is 1. The number of rotatable bonds is 4. The first-order chi connectivity index (χ1) is 16.0. The molecule has 1 fully saturated rings. The third-order valence-electron chi connectivity index (χ3n) is 6.84. The van der Waals surface area contributed by atoms with Gasteiger partial charge in [0.1, 0.15) is 11.9 Å². The zero-order chi connectivity index (χ0) is 22.9. The molecule has 170 valence electrons. The van der Waals surface area contributed by atoms with Crippen molar-refractivity contribution >= 4 is 5.82 Å². The average Bonchev–Trinajstić information content (AvgIpc) is 3.17. The summed E-state index contributed by atoms with van der Waals surface area (Å²) in [7, 11) is 0. The molecular formula is C25H29N7O. The number of hydrogen-bond acceptors (Lipinski definition) is 6. The largest absolute Gasteiger partial charge is 0.366 e. The highest BCUT2D eigenvalue weighted by Crippen LogP contribution is 2.31. The molecule has 0 atom stereocenters. The Morgan fingerprint density at radius 2 is 1.85 bits per heavy atom. The molecule has 0 amide bonds. The number of nitriles is 1. The summed E-state index contributed by atoms with van der Waals surface area (Å²) in [4.78, 5) is 17.4. The zero-order valence-corrected chi connectivity index (χ0v) is 19.2. The van der Waals surface area contributed by atoms with E-state index in [0.29, 0.717) is 17.2 Å². The predicted octanol–water partition coefficient (Wildman–Crippen LogP) is 3.79. The highest BCUT2D eigenvalue weighted by atomic mass is 16.1. The van der Waals surface area contributed by atoms with Gasteiger partial charge < -0.3 is 5.32 Å². The van der Waals surface area contributed by atoms with Crippen molar-refractivity contribution in [1.82, 2.24) is 24.5 Å². The fourth-order valence-corrected chi connectivity index (χ4v) is 5.14. The van der Waals surface area contributed by atoms with Crippen molar-refractivity contribution in [3.63, 3.8) is 0 Å². The van der Waals surface area contributed by atoms with E-state index in [2.05, 4.69) is 21.6 Å². The van der Waals surface area contributed by atoms with E-state index >= 15 is 0 Å². The maximum Gasteiger partial charge on any atom is 0.267 e. The Bertz CT molecular complexity index is 1270. The smallest absolute Gasteiger partial charge is 0.267 e. The average molecular weight is 444 g/mol. The van der Waals surface area contributed by atoms with E-state index in [1.54, 1.807) is 21.5 Å². The molecule has 0 bridgehead atoms. The Balaban J connectivity index is 1.30. The lowest BCUT2D eigenvalue weighted by Crippen LogP contribution is -2.34. The minimum Gasteiger partial charge on any atom is -0.366 e. The predicted molar refractivity (Wildman–Crippen MR) is 126 cm³/mol. The van der Waals surface area contributed by atoms with E-state index in [-0.39, 0.29) is 17.6 Å². The molecular weight excluding hydrogens is 414 g/mol. The molecule has 0 unspecified atom stereocenters. The standard InChI is InChI=1S/C25H29N7O/c1-16-13-17(2)31(29-16)23-11-12-24(33)32(30-23)21-9-7-20(8-10-21)27-25-19(15-26)14-18-5-3-4-6-22(18)28-25/h11-14,20-21H,3-10H2,1-2H3,(H,27,28). The molecule has 0 radical (unpaired) electrons. The van der Waals surface area contributed by atoms with Crippen LogP contribution in [0.25, 0.3) is 5.82 Å². The Morgan fingerprint density at radius 1 is 1.06 bits per heavy atom. The van der Waals surface area contributed by atoms with Gasteiger partial charge in [-0.3, -0.25) is 4.79 Å². The monoisotopic (exact) mass is 443 g/mol. The Kier molecular flexibility index (Phi) is 5.71. The number of nitrogens with zero attached hydrogens (tertiary/aromatic N) is 6. The van der Waals surface area contributed by atoms with Gasteiger partial charge in [0.2, 0.25) is 0 Å². The van der Waals surface area contributed by atoms with Crippen LogP contribution in [0.5, 0.6) is 0 Å². The molecule has 0 spiro atoms. The molecule has 0 saturated heterocycles. The van der Waals surface area contributed by atoms with Gasteiger partial charge in [-0.15, -0.1) is 5.10 Å². The van der Waals surface area contributed by atoms with Gasteiger partial charge in [-0.2, -0.15) is 10.4 Å². The number of hydrogen-bond donors (Lipinski definition) is 1. The first-order valence-electron chi connectivity index (χ1n) is 11.8. The number of aromatic nitrogens is 5. The molecule has 8 nitrogen and oxygen atoms in total. The van der Waals surface area contributed by atoms with E-state index in [0.717, 1.165) is 62.0 Å². The van der Waals surface area contributed by atoms with E-state index in [1.165, 1.54) is 12.0 Å². The van der Waals surface area contributed by atoms with Gasteiger partial charge in [-0.05, 0) is 89.0 Å². The summed E-state index contributed by atoms with van der Waals surface area (Å²) in [5, 5.41) is 22.3. The normalized spacial score (nSPS) is 20.2. The van der Waals surface area contributed by atoms with Crippen LogP contribution in [0.4, 0.5) is 5.82 Å². The molecule has 2 aliphatic carbocycles. The van der Waals surface area contributed by atoms with Gasteiger partial charge in [0.15, 0.2) is 5.82 Å². The van der Waals surface area contributed by atoms with Crippen LogP contribution in [0.1, 0.15) is 72.8 Å². The van der Waals surface area contributed by atoms with Gasteiger partial charge in [0.05, 0.1) is 17.3 Å². The van der Waals surface area contributed by atoms with Crippen LogP contribution in [0.2, 0.25) is 0 Å². The lowest BCUT2D eigenvalue weighted by Gasteiger charge is -2.30. The second-order valence-corrected chi connectivity index (χ2v) is 9.27. The Hall–Kier alpha value is -3.47. The molecule has 3 aromatic heterocycles. The van der Waals surface area contributed by atoms with Crippen LogP contribution in [0, 0.1) is 25.2 Å². The highest BCUT2D eigenvalue weighted by molar-refractivity contribution is 5.55. The van der Waals surface area contributed by atoms with Crippen LogP contribution in [0.15, 0.2) is 29.1 Å². The minimum absolute atomic E-state index is 0.0550. The van der Waals surface area contributed by atoms with Gasteiger partial charge in [-0.25, -0.2) is 14.3 Å². The summed E-state index contributed by atoms with van der Waals surface area (Å²) in [5.41, 5.74) is 4.82. The van der Waals surface area contributed by atoms with Crippen LogP contribution in [-0.4, -0.2) is 30.6 Å². The van der Waals surface area contributed by atoms with Crippen molar-refractivity contribution < 1.29 is 0 Å². The van der Waals surface area contributed by atoms with E-state index in [4.69, 9.17) is 4.98 Å². The number of nitrogens with one attached hydrogen (secondary N) is 1. The fraction of sp³-hybridized carbons (Fsp3) is 0.480. The van der Waals surface area contributed by atoms with Crippen molar-refractivity contribution in [2.75, 3.05) is 5.32 Å². The molecule has 0 aromatic carbocycles. The summed E-state index contributed by atoms with van der Waals surface area (Å²) in [6.45, 7) is 3.93. The SMILES string of the molecule is Cc1cc(C)n(-c2ccc(=O)n(C3CCC(Nc4nc5c(cc4C#N)CCCC5)CC3)n2)n1. The topological polar surface area (TPSA) is 101 Å². The van der Waals surface area contributed by atoms with Crippen LogP contribution < -0.4 is 10.9 Å². The van der Waals surface area contributed by atoms with Crippen molar-refractivity contribution in [1.29, 1.82) is 5.26 Å². The van der Waals surface area contributed by atoms with Gasteiger partial charge in [0.25, 0.3) is 5.56 Å². The number of aryl methyl sites for hydroxylation is 4. The van der Waals surface area contributed by atoms with E-state index in [9.17, 15) is 10.1 Å². The first kappa shape index (κ1) is 21.4. The second-order valence-electron chi connectivity index (χ2n) is 9.27. The van der Waals surface area contributed by atoms with Gasteiger partial charge >= 0.3 is 0 Å². The van der Waals surface area contributed by atoms with Crippen molar-refractivity contribution in [3.8, 4) is 11.9 Å². The third kappa shape index (κ3) is 4.28.